The zero-order valence-corrected chi connectivity index (χ0v) is 22.9. The molecule has 0 aromatic heterocycles. The second-order valence-electron chi connectivity index (χ2n) is 7.85. The number of phenolic OH excluding ortho intramolecular Hbond substituents is 1. The number of nitrogens with zero attached hydrogens (tertiary/aromatic N) is 3. The van der Waals surface area contributed by atoms with Crippen LogP contribution in [0, 0.1) is 6.92 Å². The minimum atomic E-state index is -4.56. The van der Waals surface area contributed by atoms with Crippen LogP contribution < -0.4 is 4.90 Å². The van der Waals surface area contributed by atoms with Gasteiger partial charge in [-0.1, -0.05) is 42.5 Å². The molecule has 0 aliphatic carbocycles. The van der Waals surface area contributed by atoms with Crippen LogP contribution >= 0.6 is 0 Å². The molecule has 4 aromatic rings. The number of aromatic hydroxyl groups is 1. The van der Waals surface area contributed by atoms with Crippen molar-refractivity contribution in [3.63, 3.8) is 0 Å². The average molecular weight is 513 g/mol. The molecule has 0 unspecified atom stereocenters. The molecule has 0 bridgehead atoms. The zero-order chi connectivity index (χ0) is 25.2. The minimum Gasteiger partial charge on any atom is -0.505 e. The second kappa shape index (κ2) is 11.3. The van der Waals surface area contributed by atoms with Crippen LogP contribution in [0.1, 0.15) is 22.8 Å². The minimum absolute atomic E-state index is 0. The quantitative estimate of drug-likeness (QED) is 0.192. The number of aryl methyl sites for hydroxylation is 1. The normalized spacial score (nSPS) is 11.4. The summed E-state index contributed by atoms with van der Waals surface area (Å²) in [7, 11) is -4.56. The summed E-state index contributed by atoms with van der Waals surface area (Å²) in [5, 5.41) is 19.3. The zero-order valence-electron chi connectivity index (χ0n) is 20.1. The fourth-order valence-corrected chi connectivity index (χ4v) is 4.53. The van der Waals surface area contributed by atoms with Crippen LogP contribution in [0.2, 0.25) is 0 Å². The number of anilines is 1. The molecule has 179 valence electrons. The molecule has 0 atom stereocenters. The molecule has 0 saturated carbocycles. The fourth-order valence-electron chi connectivity index (χ4n) is 3.81. The standard InChI is InChI=1S/C26H23N3O5S.Na/c1-3-29(26(31)18-9-5-4-6-10-18)19-13-14-22(17(2)15-19)27-28-23-16-24(35(32,33)34)20-11-7-8-12-21(20)25(23)30;/h4-16,30H,3H2,1-2H3,(H,32,33,34);. The van der Waals surface area contributed by atoms with Gasteiger partial charge in [-0.2, -0.15) is 13.5 Å². The van der Waals surface area contributed by atoms with E-state index in [4.69, 9.17) is 0 Å². The SMILES string of the molecule is CCN(C(=O)c1ccccc1)c1ccc(N=Nc2cc(S(=O)(=O)O)c3ccccc3c2O)c(C)c1.[Na]. The van der Waals surface area contributed by atoms with E-state index in [-0.39, 0.29) is 62.6 Å². The van der Waals surface area contributed by atoms with Crippen molar-refractivity contribution in [3.05, 3.63) is 90.0 Å². The summed E-state index contributed by atoms with van der Waals surface area (Å²) in [6, 6.07) is 21.6. The Balaban J connectivity index is 0.00000361. The smallest absolute Gasteiger partial charge is 0.295 e. The summed E-state index contributed by atoms with van der Waals surface area (Å²) >= 11 is 0. The van der Waals surface area contributed by atoms with E-state index in [2.05, 4.69) is 10.2 Å². The summed E-state index contributed by atoms with van der Waals surface area (Å²) in [6.45, 7) is 4.17. The molecule has 4 rings (SSSR count). The number of hydrogen-bond acceptors (Lipinski definition) is 6. The van der Waals surface area contributed by atoms with Crippen molar-refractivity contribution in [1.29, 1.82) is 0 Å². The molecular weight excluding hydrogens is 489 g/mol. The number of azo groups is 1. The number of carbonyl (C=O) groups excluding carboxylic acids is 1. The van der Waals surface area contributed by atoms with E-state index in [1.165, 1.54) is 12.1 Å². The molecule has 4 aromatic carbocycles. The number of benzene rings is 4. The van der Waals surface area contributed by atoms with E-state index in [0.29, 0.717) is 23.5 Å². The van der Waals surface area contributed by atoms with Crippen molar-refractivity contribution in [2.24, 2.45) is 10.2 Å². The van der Waals surface area contributed by atoms with Crippen molar-refractivity contribution in [2.45, 2.75) is 18.7 Å². The summed E-state index contributed by atoms with van der Waals surface area (Å²) in [4.78, 5) is 14.2. The van der Waals surface area contributed by atoms with E-state index in [1.54, 1.807) is 41.3 Å². The third-order valence-electron chi connectivity index (χ3n) is 5.58. The van der Waals surface area contributed by atoms with Crippen LogP contribution in [0.4, 0.5) is 17.1 Å². The van der Waals surface area contributed by atoms with Gasteiger partial charge in [0.05, 0.1) is 5.69 Å². The molecule has 0 heterocycles. The molecular formula is C26H23N3NaO5S. The van der Waals surface area contributed by atoms with Crippen LogP contribution in [0.25, 0.3) is 10.8 Å². The Kier molecular flexibility index (Phi) is 8.65. The Morgan fingerprint density at radius 3 is 2.11 bits per heavy atom. The molecule has 1 radical (unpaired) electrons. The Labute approximate surface area is 231 Å². The molecule has 0 aliphatic heterocycles. The maximum atomic E-state index is 12.9. The first kappa shape index (κ1) is 27.5. The van der Waals surface area contributed by atoms with Crippen molar-refractivity contribution in [2.75, 3.05) is 11.4 Å². The van der Waals surface area contributed by atoms with Gasteiger partial charge < -0.3 is 10.0 Å². The topological polar surface area (TPSA) is 120 Å². The first-order valence-corrected chi connectivity index (χ1v) is 12.3. The van der Waals surface area contributed by atoms with Crippen LogP contribution in [0.5, 0.6) is 5.75 Å². The van der Waals surface area contributed by atoms with E-state index in [0.717, 1.165) is 11.6 Å². The third-order valence-corrected chi connectivity index (χ3v) is 6.47. The largest absolute Gasteiger partial charge is 0.505 e. The maximum absolute atomic E-state index is 12.9. The van der Waals surface area contributed by atoms with E-state index in [9.17, 15) is 22.9 Å². The molecule has 1 amide bonds. The van der Waals surface area contributed by atoms with Gasteiger partial charge in [0.25, 0.3) is 16.0 Å². The van der Waals surface area contributed by atoms with Gasteiger partial charge in [0.1, 0.15) is 10.6 Å². The first-order valence-electron chi connectivity index (χ1n) is 10.8. The number of carbonyl (C=O) groups is 1. The molecule has 8 nitrogen and oxygen atoms in total. The second-order valence-corrected chi connectivity index (χ2v) is 9.24. The molecule has 0 aliphatic rings. The summed E-state index contributed by atoms with van der Waals surface area (Å²) < 4.78 is 33.4. The van der Waals surface area contributed by atoms with Crippen LogP contribution in [-0.4, -0.2) is 60.1 Å². The van der Waals surface area contributed by atoms with Gasteiger partial charge in [-0.05, 0) is 55.8 Å². The molecule has 36 heavy (non-hydrogen) atoms. The predicted molar refractivity (Wildman–Crippen MR) is 140 cm³/mol. The van der Waals surface area contributed by atoms with Gasteiger partial charge in [0, 0.05) is 58.1 Å². The first-order chi connectivity index (χ1) is 16.7. The predicted octanol–water partition coefficient (Wildman–Crippen LogP) is 5.80. The molecule has 0 spiro atoms. The number of hydrogen-bond donors (Lipinski definition) is 2. The Morgan fingerprint density at radius 2 is 1.50 bits per heavy atom. The van der Waals surface area contributed by atoms with E-state index in [1.807, 2.05) is 38.1 Å². The molecule has 0 fully saturated rings. The van der Waals surface area contributed by atoms with Gasteiger partial charge in [-0.15, -0.1) is 5.11 Å². The van der Waals surface area contributed by atoms with Crippen molar-refractivity contribution in [3.8, 4) is 5.75 Å². The summed E-state index contributed by atoms with van der Waals surface area (Å²) in [5.74, 6) is -0.377. The van der Waals surface area contributed by atoms with Crippen LogP contribution in [0.3, 0.4) is 0 Å². The van der Waals surface area contributed by atoms with Gasteiger partial charge in [-0.25, -0.2) is 0 Å². The number of rotatable bonds is 6. The monoisotopic (exact) mass is 512 g/mol. The van der Waals surface area contributed by atoms with E-state index < -0.39 is 10.1 Å². The van der Waals surface area contributed by atoms with Gasteiger partial charge in [-0.3, -0.25) is 9.35 Å². The fraction of sp³-hybridized carbons (Fsp3) is 0.115. The van der Waals surface area contributed by atoms with Gasteiger partial charge >= 0.3 is 0 Å². The van der Waals surface area contributed by atoms with Gasteiger partial charge in [0.15, 0.2) is 5.75 Å². The average Bonchev–Trinajstić information content (AvgIpc) is 2.85. The van der Waals surface area contributed by atoms with E-state index >= 15 is 0 Å². The number of fused-ring (bicyclic) bond motifs is 1. The Bertz CT molecular complexity index is 1560. The number of amides is 1. The van der Waals surface area contributed by atoms with Crippen molar-refractivity contribution >= 4 is 73.4 Å². The van der Waals surface area contributed by atoms with Gasteiger partial charge in [0.2, 0.25) is 0 Å². The summed E-state index contributed by atoms with van der Waals surface area (Å²) in [5.41, 5.74) is 2.37. The Morgan fingerprint density at radius 1 is 0.889 bits per heavy atom. The third kappa shape index (κ3) is 5.66. The van der Waals surface area contributed by atoms with Crippen LogP contribution in [0.15, 0.2) is 94.0 Å². The Hall–Kier alpha value is -3.08. The number of phenols is 1. The van der Waals surface area contributed by atoms with Crippen molar-refractivity contribution < 1.29 is 22.9 Å². The molecule has 10 heteroatoms. The van der Waals surface area contributed by atoms with Crippen molar-refractivity contribution in [1.82, 2.24) is 0 Å². The molecule has 2 N–H and O–H groups in total. The molecule has 0 saturated heterocycles. The maximum Gasteiger partial charge on any atom is 0.295 e. The van der Waals surface area contributed by atoms with Crippen LogP contribution in [-0.2, 0) is 10.1 Å². The summed E-state index contributed by atoms with van der Waals surface area (Å²) in [6.07, 6.45) is 0.